The van der Waals surface area contributed by atoms with E-state index in [0.717, 1.165) is 0 Å². The first-order chi connectivity index (χ1) is 9.02. The van der Waals surface area contributed by atoms with E-state index in [4.69, 9.17) is 10.00 Å². The molecule has 0 bridgehead atoms. The lowest BCUT2D eigenvalue weighted by molar-refractivity contribution is -0.385. The number of aromatic nitrogens is 2. The van der Waals surface area contributed by atoms with Gasteiger partial charge in [-0.15, -0.1) is 0 Å². The summed E-state index contributed by atoms with van der Waals surface area (Å²) in [5.74, 6) is 0.0831. The van der Waals surface area contributed by atoms with E-state index in [9.17, 15) is 10.1 Å². The number of hydrogen-bond donors (Lipinski definition) is 0. The zero-order valence-corrected chi connectivity index (χ0v) is 11.0. The maximum Gasteiger partial charge on any atom is 0.372 e. The topological polar surface area (TPSA) is 105 Å². The molecule has 0 saturated carbocycles. The first-order valence-electron chi connectivity index (χ1n) is 5.69. The fourth-order valence-corrected chi connectivity index (χ4v) is 1.65. The largest absolute Gasteiger partial charge is 0.476 e. The Bertz CT molecular complexity index is 498. The lowest BCUT2D eigenvalue weighted by Crippen LogP contribution is -2.33. The summed E-state index contributed by atoms with van der Waals surface area (Å²) in [5.41, 5.74) is -0.281. The van der Waals surface area contributed by atoms with Crippen molar-refractivity contribution in [2.45, 2.75) is 26.3 Å². The first-order valence-corrected chi connectivity index (χ1v) is 5.69. The van der Waals surface area contributed by atoms with Crippen LogP contribution in [0.1, 0.15) is 20.3 Å². The van der Waals surface area contributed by atoms with Crippen molar-refractivity contribution in [1.82, 2.24) is 9.97 Å². The van der Waals surface area contributed by atoms with Gasteiger partial charge in [0.05, 0.1) is 24.5 Å². The van der Waals surface area contributed by atoms with Crippen LogP contribution in [0.25, 0.3) is 0 Å². The van der Waals surface area contributed by atoms with Crippen LogP contribution in [0, 0.1) is 21.4 Å². The average Bonchev–Trinajstić information content (AvgIpc) is 2.38. The minimum Gasteiger partial charge on any atom is -0.476 e. The van der Waals surface area contributed by atoms with Gasteiger partial charge in [0.2, 0.25) is 5.82 Å². The van der Waals surface area contributed by atoms with E-state index in [1.165, 1.54) is 13.4 Å². The normalized spacial score (nSPS) is 10.1. The molecule has 0 amide bonds. The lowest BCUT2D eigenvalue weighted by atomic mass is 10.2. The lowest BCUT2D eigenvalue weighted by Gasteiger charge is -2.26. The molecule has 8 heteroatoms. The van der Waals surface area contributed by atoms with Gasteiger partial charge < -0.3 is 9.64 Å². The van der Waals surface area contributed by atoms with Crippen molar-refractivity contribution in [2.75, 3.05) is 18.6 Å². The Hall–Kier alpha value is -2.43. The summed E-state index contributed by atoms with van der Waals surface area (Å²) >= 11 is 0. The molecule has 0 fully saturated rings. The Morgan fingerprint density at radius 3 is 2.74 bits per heavy atom. The van der Waals surface area contributed by atoms with Gasteiger partial charge in [-0.3, -0.25) is 10.1 Å². The SMILES string of the molecule is COc1ncnc(N(CCC#N)C(C)C)c1[N+](=O)[O-]. The molecule has 0 aliphatic rings. The van der Waals surface area contributed by atoms with Crippen molar-refractivity contribution in [1.29, 1.82) is 5.26 Å². The van der Waals surface area contributed by atoms with Gasteiger partial charge in [0.1, 0.15) is 6.33 Å². The number of anilines is 1. The van der Waals surface area contributed by atoms with E-state index in [1.54, 1.807) is 4.90 Å². The number of rotatable bonds is 6. The van der Waals surface area contributed by atoms with Crippen LogP contribution in [0.4, 0.5) is 11.5 Å². The molecule has 1 aromatic heterocycles. The minimum atomic E-state index is -0.573. The van der Waals surface area contributed by atoms with Crippen LogP contribution >= 0.6 is 0 Å². The monoisotopic (exact) mass is 265 g/mol. The Labute approximate surface area is 110 Å². The van der Waals surface area contributed by atoms with Gasteiger partial charge in [-0.2, -0.15) is 10.2 Å². The van der Waals surface area contributed by atoms with Crippen LogP contribution < -0.4 is 9.64 Å². The van der Waals surface area contributed by atoms with Crippen molar-refractivity contribution in [2.24, 2.45) is 0 Å². The highest BCUT2D eigenvalue weighted by Gasteiger charge is 2.28. The van der Waals surface area contributed by atoms with Crippen molar-refractivity contribution < 1.29 is 9.66 Å². The molecule has 0 N–H and O–H groups in total. The summed E-state index contributed by atoms with van der Waals surface area (Å²) in [4.78, 5) is 20.0. The summed E-state index contributed by atoms with van der Waals surface area (Å²) in [7, 11) is 1.31. The summed E-state index contributed by atoms with van der Waals surface area (Å²) < 4.78 is 4.90. The average molecular weight is 265 g/mol. The highest BCUT2D eigenvalue weighted by molar-refractivity contribution is 5.63. The second-order valence-electron chi connectivity index (χ2n) is 4.01. The maximum absolute atomic E-state index is 11.2. The summed E-state index contributed by atoms with van der Waals surface area (Å²) in [6.07, 6.45) is 1.46. The Kier molecular flexibility index (Phi) is 5.00. The van der Waals surface area contributed by atoms with Crippen molar-refractivity contribution >= 4 is 11.5 Å². The third-order valence-electron chi connectivity index (χ3n) is 2.51. The first kappa shape index (κ1) is 14.6. The molecule has 0 unspecified atom stereocenters. The van der Waals surface area contributed by atoms with E-state index in [0.29, 0.717) is 6.54 Å². The summed E-state index contributed by atoms with van der Waals surface area (Å²) in [6.45, 7) is 4.10. The number of hydrogen-bond acceptors (Lipinski definition) is 7. The zero-order chi connectivity index (χ0) is 14.4. The second-order valence-corrected chi connectivity index (χ2v) is 4.01. The van der Waals surface area contributed by atoms with E-state index in [2.05, 4.69) is 9.97 Å². The Balaban J connectivity index is 3.30. The molecule has 0 atom stereocenters. The molecule has 0 saturated heterocycles. The van der Waals surface area contributed by atoms with Crippen LogP contribution in [0.2, 0.25) is 0 Å². The molecule has 8 nitrogen and oxygen atoms in total. The van der Waals surface area contributed by atoms with E-state index in [1.807, 2.05) is 19.9 Å². The fourth-order valence-electron chi connectivity index (χ4n) is 1.65. The van der Waals surface area contributed by atoms with Gasteiger partial charge in [-0.05, 0) is 13.8 Å². The summed E-state index contributed by atoms with van der Waals surface area (Å²) in [6, 6.07) is 1.98. The van der Waals surface area contributed by atoms with Gasteiger partial charge in [-0.1, -0.05) is 0 Å². The highest BCUT2D eigenvalue weighted by Crippen LogP contribution is 2.33. The number of ether oxygens (including phenoxy) is 1. The maximum atomic E-state index is 11.2. The van der Waals surface area contributed by atoms with E-state index in [-0.39, 0.29) is 29.8 Å². The Morgan fingerprint density at radius 1 is 1.58 bits per heavy atom. The van der Waals surface area contributed by atoms with Gasteiger partial charge in [0.15, 0.2) is 0 Å². The molecule has 1 heterocycles. The smallest absolute Gasteiger partial charge is 0.372 e. The van der Waals surface area contributed by atoms with Gasteiger partial charge in [-0.25, -0.2) is 4.98 Å². The molecule has 0 spiro atoms. The van der Waals surface area contributed by atoms with Crippen molar-refractivity contribution in [3.8, 4) is 11.9 Å². The van der Waals surface area contributed by atoms with E-state index < -0.39 is 4.92 Å². The van der Waals surface area contributed by atoms with Crippen LogP contribution in [0.3, 0.4) is 0 Å². The predicted molar refractivity (Wildman–Crippen MR) is 68.0 cm³/mol. The minimum absolute atomic E-state index is 0.0355. The second kappa shape index (κ2) is 6.49. The van der Waals surface area contributed by atoms with Crippen molar-refractivity contribution in [3.05, 3.63) is 16.4 Å². The molecule has 0 aliphatic carbocycles. The molecule has 102 valence electrons. The molecular formula is C11H15N5O3. The number of nitro groups is 1. The quantitative estimate of drug-likeness (QED) is 0.567. The van der Waals surface area contributed by atoms with Crippen LogP contribution in [-0.2, 0) is 0 Å². The Morgan fingerprint density at radius 2 is 2.26 bits per heavy atom. The highest BCUT2D eigenvalue weighted by atomic mass is 16.6. The van der Waals surface area contributed by atoms with Gasteiger partial charge >= 0.3 is 5.69 Å². The molecular weight excluding hydrogens is 250 g/mol. The fraction of sp³-hybridized carbons (Fsp3) is 0.545. The predicted octanol–water partition coefficient (Wildman–Crippen LogP) is 1.52. The number of nitrogens with zero attached hydrogens (tertiary/aromatic N) is 5. The zero-order valence-electron chi connectivity index (χ0n) is 11.0. The molecule has 1 aromatic rings. The van der Waals surface area contributed by atoms with Gasteiger partial charge in [0, 0.05) is 12.6 Å². The molecule has 0 aromatic carbocycles. The van der Waals surface area contributed by atoms with Crippen LogP contribution in [0.5, 0.6) is 5.88 Å². The van der Waals surface area contributed by atoms with Crippen LogP contribution in [0.15, 0.2) is 6.33 Å². The third kappa shape index (κ3) is 3.28. The number of methoxy groups -OCH3 is 1. The molecule has 0 aliphatic heterocycles. The standard InChI is InChI=1S/C11H15N5O3/c1-8(2)15(6-4-5-12)10-9(16(17)18)11(19-3)14-7-13-10/h7-8H,4,6H2,1-3H3. The van der Waals surface area contributed by atoms with Crippen LogP contribution in [-0.4, -0.2) is 34.6 Å². The van der Waals surface area contributed by atoms with Gasteiger partial charge in [0.25, 0.3) is 5.88 Å². The van der Waals surface area contributed by atoms with E-state index >= 15 is 0 Å². The number of nitriles is 1. The molecule has 0 radical (unpaired) electrons. The summed E-state index contributed by atoms with van der Waals surface area (Å²) in [5, 5.41) is 19.8. The molecule has 1 rings (SSSR count). The molecule has 19 heavy (non-hydrogen) atoms. The third-order valence-corrected chi connectivity index (χ3v) is 2.51. The van der Waals surface area contributed by atoms with Crippen molar-refractivity contribution in [3.63, 3.8) is 0 Å².